The molecule has 2 rings (SSSR count). The van der Waals surface area contributed by atoms with Crippen LogP contribution >= 0.6 is 11.6 Å². The Bertz CT molecular complexity index is 473. The van der Waals surface area contributed by atoms with Gasteiger partial charge in [-0.15, -0.1) is 0 Å². The van der Waals surface area contributed by atoms with Crippen molar-refractivity contribution in [3.05, 3.63) is 28.8 Å². The number of aromatic hydroxyl groups is 1. The lowest BCUT2D eigenvalue weighted by atomic mass is 9.63. The maximum absolute atomic E-state index is 11.2. The van der Waals surface area contributed by atoms with Crippen LogP contribution in [0, 0.1) is 0 Å². The van der Waals surface area contributed by atoms with Gasteiger partial charge in [-0.3, -0.25) is 9.59 Å². The third kappa shape index (κ3) is 1.46. The predicted molar refractivity (Wildman–Crippen MR) is 56.7 cm³/mol. The summed E-state index contributed by atoms with van der Waals surface area (Å²) < 4.78 is 0. The topological polar surface area (TPSA) is 74.6 Å². The number of aliphatic carboxylic acids is 1. The smallest absolute Gasteiger partial charge is 0.315 e. The van der Waals surface area contributed by atoms with Crippen LogP contribution in [0.3, 0.4) is 0 Å². The number of benzene rings is 1. The van der Waals surface area contributed by atoms with Gasteiger partial charge < -0.3 is 10.2 Å². The maximum atomic E-state index is 11.2. The molecule has 1 saturated carbocycles. The zero-order chi connectivity index (χ0) is 11.9. The Balaban J connectivity index is 2.49. The van der Waals surface area contributed by atoms with Gasteiger partial charge in [0.05, 0.1) is 0 Å². The summed E-state index contributed by atoms with van der Waals surface area (Å²) in [7, 11) is 0. The Kier molecular flexibility index (Phi) is 2.39. The maximum Gasteiger partial charge on any atom is 0.315 e. The van der Waals surface area contributed by atoms with E-state index in [0.29, 0.717) is 5.56 Å². The number of Topliss-reactive ketones (excluding diaryl/α,β-unsaturated/α-hetero) is 1. The highest BCUT2D eigenvalue weighted by Gasteiger charge is 2.52. The van der Waals surface area contributed by atoms with Crippen molar-refractivity contribution in [2.24, 2.45) is 0 Å². The number of rotatable bonds is 2. The minimum atomic E-state index is -1.21. The molecule has 0 saturated heterocycles. The van der Waals surface area contributed by atoms with Crippen molar-refractivity contribution in [1.29, 1.82) is 0 Å². The molecule has 0 radical (unpaired) electrons. The summed E-state index contributed by atoms with van der Waals surface area (Å²) in [5.74, 6) is -1.17. The van der Waals surface area contributed by atoms with Crippen LogP contribution < -0.4 is 0 Å². The second-order valence-electron chi connectivity index (χ2n) is 3.94. The van der Waals surface area contributed by atoms with Crippen molar-refractivity contribution in [2.75, 3.05) is 0 Å². The van der Waals surface area contributed by atoms with E-state index in [1.54, 1.807) is 0 Å². The van der Waals surface area contributed by atoms with Gasteiger partial charge in [-0.05, 0) is 17.7 Å². The van der Waals surface area contributed by atoms with Crippen LogP contribution in [0.2, 0.25) is 5.02 Å². The second-order valence-corrected chi connectivity index (χ2v) is 4.35. The first-order valence-corrected chi connectivity index (χ1v) is 5.07. The van der Waals surface area contributed by atoms with Gasteiger partial charge in [0.25, 0.3) is 0 Å². The fraction of sp³-hybridized carbons (Fsp3) is 0.273. The van der Waals surface area contributed by atoms with E-state index in [-0.39, 0.29) is 29.4 Å². The van der Waals surface area contributed by atoms with Crippen LogP contribution in [0.15, 0.2) is 18.2 Å². The van der Waals surface area contributed by atoms with E-state index >= 15 is 0 Å². The molecular weight excluding hydrogens is 232 g/mol. The van der Waals surface area contributed by atoms with Crippen molar-refractivity contribution in [1.82, 2.24) is 0 Å². The van der Waals surface area contributed by atoms with Gasteiger partial charge in [0.15, 0.2) is 0 Å². The highest BCUT2D eigenvalue weighted by Crippen LogP contribution is 2.45. The summed E-state index contributed by atoms with van der Waals surface area (Å²) in [6.45, 7) is 0. The molecule has 16 heavy (non-hydrogen) atoms. The molecule has 0 aliphatic heterocycles. The number of carbonyl (C=O) groups is 2. The van der Waals surface area contributed by atoms with Crippen LogP contribution in [0.4, 0.5) is 0 Å². The molecule has 0 aromatic heterocycles. The summed E-state index contributed by atoms with van der Waals surface area (Å²) in [6, 6.07) is 4.11. The molecule has 1 aliphatic carbocycles. The summed E-state index contributed by atoms with van der Waals surface area (Å²) >= 11 is 5.88. The number of phenols is 1. The number of hydrogen-bond acceptors (Lipinski definition) is 3. The number of ketones is 1. The molecule has 84 valence electrons. The Morgan fingerprint density at radius 3 is 2.44 bits per heavy atom. The van der Waals surface area contributed by atoms with Crippen molar-refractivity contribution >= 4 is 23.4 Å². The molecule has 1 aromatic carbocycles. The van der Waals surface area contributed by atoms with E-state index in [2.05, 4.69) is 0 Å². The SMILES string of the molecule is O=C1CC(C(=O)O)(c2ccc(O)cc2Cl)C1. The zero-order valence-corrected chi connectivity index (χ0v) is 8.99. The molecule has 0 bridgehead atoms. The third-order valence-electron chi connectivity index (χ3n) is 2.88. The molecule has 0 unspecified atom stereocenters. The van der Waals surface area contributed by atoms with E-state index in [9.17, 15) is 19.8 Å². The van der Waals surface area contributed by atoms with Crippen molar-refractivity contribution < 1.29 is 19.8 Å². The molecule has 0 spiro atoms. The number of hydrogen-bond donors (Lipinski definition) is 2. The standard InChI is InChI=1S/C11H9ClO4/c12-9-3-6(13)1-2-8(9)11(10(15)16)4-7(14)5-11/h1-3,13H,4-5H2,(H,15,16). The van der Waals surface area contributed by atoms with Crippen LogP contribution in [0.5, 0.6) is 5.75 Å². The van der Waals surface area contributed by atoms with Crippen molar-refractivity contribution in [3.8, 4) is 5.75 Å². The summed E-state index contributed by atoms with van der Waals surface area (Å²) in [5.41, 5.74) is -0.818. The Labute approximate surface area is 96.5 Å². The highest BCUT2D eigenvalue weighted by atomic mass is 35.5. The normalized spacial score (nSPS) is 17.9. The molecule has 0 atom stereocenters. The Morgan fingerprint density at radius 2 is 2.00 bits per heavy atom. The number of carboxylic acid groups (broad SMARTS) is 1. The lowest BCUT2D eigenvalue weighted by molar-refractivity contribution is -0.153. The van der Waals surface area contributed by atoms with Gasteiger partial charge >= 0.3 is 5.97 Å². The van der Waals surface area contributed by atoms with E-state index < -0.39 is 11.4 Å². The van der Waals surface area contributed by atoms with Gasteiger partial charge in [0, 0.05) is 17.9 Å². The minimum Gasteiger partial charge on any atom is -0.508 e. The molecule has 5 heteroatoms. The summed E-state index contributed by atoms with van der Waals surface area (Å²) in [4.78, 5) is 22.2. The molecular formula is C11H9ClO4. The first kappa shape index (κ1) is 11.0. The number of halogens is 1. The van der Waals surface area contributed by atoms with E-state index in [1.165, 1.54) is 18.2 Å². The monoisotopic (exact) mass is 240 g/mol. The van der Waals surface area contributed by atoms with Gasteiger partial charge in [0.1, 0.15) is 16.9 Å². The molecule has 1 aromatic rings. The number of carboxylic acids is 1. The van der Waals surface area contributed by atoms with Crippen molar-refractivity contribution in [3.63, 3.8) is 0 Å². The average Bonchev–Trinajstić information content (AvgIpc) is 2.12. The lowest BCUT2D eigenvalue weighted by Crippen LogP contribution is -2.48. The van der Waals surface area contributed by atoms with Crippen LogP contribution in [0.25, 0.3) is 0 Å². The summed E-state index contributed by atoms with van der Waals surface area (Å²) in [6.07, 6.45) is -0.0698. The fourth-order valence-electron chi connectivity index (χ4n) is 1.97. The van der Waals surface area contributed by atoms with E-state index in [0.717, 1.165) is 0 Å². The third-order valence-corrected chi connectivity index (χ3v) is 3.19. The first-order valence-electron chi connectivity index (χ1n) is 4.70. The number of phenolic OH excluding ortho intramolecular Hbond substituents is 1. The van der Waals surface area contributed by atoms with Gasteiger partial charge in [-0.1, -0.05) is 17.7 Å². The minimum absolute atomic E-state index is 0.0278. The second kappa shape index (κ2) is 3.49. The fourth-order valence-corrected chi connectivity index (χ4v) is 2.33. The molecule has 1 fully saturated rings. The van der Waals surface area contributed by atoms with Crippen LogP contribution in [0.1, 0.15) is 18.4 Å². The molecule has 4 nitrogen and oxygen atoms in total. The van der Waals surface area contributed by atoms with E-state index in [4.69, 9.17) is 11.6 Å². The van der Waals surface area contributed by atoms with Gasteiger partial charge in [-0.2, -0.15) is 0 Å². The van der Waals surface area contributed by atoms with Crippen LogP contribution in [-0.2, 0) is 15.0 Å². The number of carbonyl (C=O) groups excluding carboxylic acids is 1. The van der Waals surface area contributed by atoms with Gasteiger partial charge in [-0.25, -0.2) is 0 Å². The highest BCUT2D eigenvalue weighted by molar-refractivity contribution is 6.32. The Morgan fingerprint density at radius 1 is 1.38 bits per heavy atom. The first-order chi connectivity index (χ1) is 7.45. The average molecular weight is 241 g/mol. The van der Waals surface area contributed by atoms with Crippen molar-refractivity contribution in [2.45, 2.75) is 18.3 Å². The molecule has 0 amide bonds. The molecule has 1 aliphatic rings. The summed E-state index contributed by atoms with van der Waals surface area (Å²) in [5, 5.41) is 18.5. The Hall–Kier alpha value is -1.55. The quantitative estimate of drug-likeness (QED) is 0.826. The van der Waals surface area contributed by atoms with Crippen LogP contribution in [-0.4, -0.2) is 22.0 Å². The zero-order valence-electron chi connectivity index (χ0n) is 8.24. The largest absolute Gasteiger partial charge is 0.508 e. The lowest BCUT2D eigenvalue weighted by Gasteiger charge is -2.37. The van der Waals surface area contributed by atoms with E-state index in [1.807, 2.05) is 0 Å². The van der Waals surface area contributed by atoms with Gasteiger partial charge in [0.2, 0.25) is 0 Å². The molecule has 0 heterocycles. The molecule has 2 N–H and O–H groups in total. The predicted octanol–water partition coefficient (Wildman–Crippen LogP) is 1.73.